The standard InChI is InChI=1S/C30H32F5N5O3S/c31-21-8-6-18(7-9-21)27(20-14-38-29(39-15-20)30(33,34)35)28(36)26(41)13-19-3-1-5-25(32)24(19)11-10-23-16-37-22-4-2-12-44(42,43)40(23)17-22/h1,3,5-9,14-15,22-23,27-28,37H,2,4,10-13,16-17,36H2/t22-,23+,27+,28-/m1/s1. The van der Waals surface area contributed by atoms with E-state index in [1.807, 2.05) is 0 Å². The number of rotatable bonds is 9. The maximum atomic E-state index is 15.2. The van der Waals surface area contributed by atoms with E-state index in [0.717, 1.165) is 30.9 Å². The zero-order valence-electron chi connectivity index (χ0n) is 23.6. The molecule has 5 atom stereocenters. The summed E-state index contributed by atoms with van der Waals surface area (Å²) in [5.41, 5.74) is 7.52. The summed E-state index contributed by atoms with van der Waals surface area (Å²) in [7, 11) is -3.44. The van der Waals surface area contributed by atoms with Crippen molar-refractivity contribution in [2.45, 2.75) is 62.3 Å². The van der Waals surface area contributed by atoms with E-state index in [0.29, 0.717) is 37.1 Å². The summed E-state index contributed by atoms with van der Waals surface area (Å²) in [5.74, 6) is -3.95. The van der Waals surface area contributed by atoms with Crippen LogP contribution in [0.3, 0.4) is 0 Å². The molecule has 0 amide bonds. The number of carbonyl (C=O) groups is 1. The second-order valence-electron chi connectivity index (χ2n) is 11.2. The first-order chi connectivity index (χ1) is 20.8. The lowest BCUT2D eigenvalue weighted by molar-refractivity contribution is -0.145. The Labute approximate surface area is 251 Å². The minimum Gasteiger partial charge on any atom is -0.321 e. The SMILES string of the molecule is N[C@H](C(=O)Cc1cccc(F)c1CC[C@H]1CN[C@@H]2CCCS(=O)(=O)N1C2)[C@@H](c1ccc(F)cc1)c1cnc(C(F)(F)F)nc1. The number of halogens is 5. The van der Waals surface area contributed by atoms with Gasteiger partial charge < -0.3 is 11.1 Å². The van der Waals surface area contributed by atoms with Gasteiger partial charge in [-0.3, -0.25) is 4.79 Å². The molecule has 3 heterocycles. The van der Waals surface area contributed by atoms with Crippen molar-refractivity contribution in [1.29, 1.82) is 0 Å². The number of Topliss-reactive ketones (excluding diaryl/α,β-unsaturated/α-hetero) is 1. The summed E-state index contributed by atoms with van der Waals surface area (Å²) in [4.78, 5) is 20.4. The van der Waals surface area contributed by atoms with E-state index >= 15 is 4.39 Å². The Bertz CT molecular complexity index is 1590. The molecule has 2 aromatic carbocycles. The number of nitrogens with one attached hydrogen (secondary N) is 1. The Balaban J connectivity index is 1.37. The predicted octanol–water partition coefficient (Wildman–Crippen LogP) is 3.74. The Hall–Kier alpha value is -3.33. The van der Waals surface area contributed by atoms with E-state index in [2.05, 4.69) is 15.3 Å². The summed E-state index contributed by atoms with van der Waals surface area (Å²) in [6.45, 7) is 0.801. The first-order valence-electron chi connectivity index (χ1n) is 14.3. The number of nitrogens with two attached hydrogens (primary N) is 1. The number of hydrogen-bond acceptors (Lipinski definition) is 7. The van der Waals surface area contributed by atoms with Gasteiger partial charge in [-0.1, -0.05) is 24.3 Å². The maximum absolute atomic E-state index is 15.2. The quantitative estimate of drug-likeness (QED) is 0.344. The third-order valence-corrected chi connectivity index (χ3v) is 10.3. The van der Waals surface area contributed by atoms with Crippen LogP contribution in [-0.2, 0) is 33.8 Å². The van der Waals surface area contributed by atoms with Crippen LogP contribution in [0.15, 0.2) is 54.9 Å². The molecule has 2 saturated heterocycles. The third-order valence-electron chi connectivity index (χ3n) is 8.31. The highest BCUT2D eigenvalue weighted by Crippen LogP contribution is 2.31. The molecule has 1 unspecified atom stereocenters. The van der Waals surface area contributed by atoms with Gasteiger partial charge in [-0.05, 0) is 66.1 Å². The lowest BCUT2D eigenvalue weighted by Gasteiger charge is -2.37. The van der Waals surface area contributed by atoms with Crippen LogP contribution in [-0.4, -0.2) is 65.4 Å². The lowest BCUT2D eigenvalue weighted by Crippen LogP contribution is -2.57. The average Bonchev–Trinajstić information content (AvgIpc) is 3.09. The summed E-state index contributed by atoms with van der Waals surface area (Å²) in [6, 6.07) is 7.73. The van der Waals surface area contributed by atoms with Crippen LogP contribution < -0.4 is 11.1 Å². The molecule has 2 bridgehead atoms. The van der Waals surface area contributed by atoms with Crippen LogP contribution in [0.2, 0.25) is 0 Å². The van der Waals surface area contributed by atoms with Gasteiger partial charge in [0, 0.05) is 49.9 Å². The highest BCUT2D eigenvalue weighted by Gasteiger charge is 2.38. The van der Waals surface area contributed by atoms with Gasteiger partial charge in [-0.15, -0.1) is 0 Å². The fraction of sp³-hybridized carbons (Fsp3) is 0.433. The van der Waals surface area contributed by atoms with Crippen LogP contribution in [0.1, 0.15) is 53.3 Å². The van der Waals surface area contributed by atoms with Crippen molar-refractivity contribution in [3.8, 4) is 0 Å². The van der Waals surface area contributed by atoms with Gasteiger partial charge in [-0.25, -0.2) is 27.2 Å². The van der Waals surface area contributed by atoms with E-state index in [-0.39, 0.29) is 41.8 Å². The Morgan fingerprint density at radius 2 is 1.77 bits per heavy atom. The van der Waals surface area contributed by atoms with Gasteiger partial charge in [-0.2, -0.15) is 17.5 Å². The second-order valence-corrected chi connectivity index (χ2v) is 13.3. The number of carbonyl (C=O) groups excluding carboxylic acids is 1. The van der Waals surface area contributed by atoms with E-state index in [9.17, 15) is 30.8 Å². The van der Waals surface area contributed by atoms with Crippen molar-refractivity contribution in [2.75, 3.05) is 18.8 Å². The summed E-state index contributed by atoms with van der Waals surface area (Å²) < 4.78 is 95.3. The van der Waals surface area contributed by atoms with Crippen molar-refractivity contribution >= 4 is 15.8 Å². The van der Waals surface area contributed by atoms with Crippen LogP contribution in [0, 0.1) is 11.6 Å². The van der Waals surface area contributed by atoms with Crippen LogP contribution in [0.5, 0.6) is 0 Å². The third kappa shape index (κ3) is 7.14. The zero-order valence-corrected chi connectivity index (χ0v) is 24.4. The van der Waals surface area contributed by atoms with Crippen molar-refractivity contribution in [3.05, 3.63) is 94.6 Å². The number of fused-ring (bicyclic) bond motifs is 2. The topological polar surface area (TPSA) is 118 Å². The number of aromatic nitrogens is 2. The predicted molar refractivity (Wildman–Crippen MR) is 152 cm³/mol. The molecule has 44 heavy (non-hydrogen) atoms. The number of alkyl halides is 3. The minimum absolute atomic E-state index is 0.0677. The first-order valence-corrected chi connectivity index (χ1v) is 15.9. The lowest BCUT2D eigenvalue weighted by atomic mass is 9.83. The van der Waals surface area contributed by atoms with Crippen molar-refractivity contribution in [1.82, 2.24) is 19.6 Å². The molecule has 5 rings (SSSR count). The average molecular weight is 638 g/mol. The van der Waals surface area contributed by atoms with Gasteiger partial charge in [0.15, 0.2) is 5.78 Å². The molecule has 0 spiro atoms. The number of piperazine rings is 1. The van der Waals surface area contributed by atoms with Crippen molar-refractivity contribution in [2.24, 2.45) is 5.73 Å². The number of nitrogens with zero attached hydrogens (tertiary/aromatic N) is 3. The van der Waals surface area contributed by atoms with E-state index < -0.39 is 51.4 Å². The summed E-state index contributed by atoms with van der Waals surface area (Å²) >= 11 is 0. The fourth-order valence-corrected chi connectivity index (χ4v) is 7.83. The molecule has 236 valence electrons. The van der Waals surface area contributed by atoms with Crippen molar-refractivity contribution < 1.29 is 35.2 Å². The van der Waals surface area contributed by atoms with Gasteiger partial charge >= 0.3 is 6.18 Å². The molecule has 3 aromatic rings. The second kappa shape index (κ2) is 13.0. The van der Waals surface area contributed by atoms with Gasteiger partial charge in [0.1, 0.15) is 11.6 Å². The minimum atomic E-state index is -4.78. The molecule has 2 aliphatic rings. The molecule has 2 fully saturated rings. The largest absolute Gasteiger partial charge is 0.451 e. The monoisotopic (exact) mass is 637 g/mol. The number of ketones is 1. The normalized spacial score (nSPS) is 23.0. The molecule has 1 aromatic heterocycles. The van der Waals surface area contributed by atoms with Crippen LogP contribution in [0.4, 0.5) is 22.0 Å². The molecule has 0 saturated carbocycles. The first kappa shape index (κ1) is 32.1. The van der Waals surface area contributed by atoms with Gasteiger partial charge in [0.25, 0.3) is 0 Å². The molecular formula is C30H32F5N5O3S. The van der Waals surface area contributed by atoms with Gasteiger partial charge in [0.2, 0.25) is 15.8 Å². The molecule has 2 aliphatic heterocycles. The Kier molecular flexibility index (Phi) is 9.44. The van der Waals surface area contributed by atoms with E-state index in [1.165, 1.54) is 28.6 Å². The Morgan fingerprint density at radius 1 is 1.07 bits per heavy atom. The highest BCUT2D eigenvalue weighted by atomic mass is 32.2. The number of sulfonamides is 1. The molecule has 8 nitrogen and oxygen atoms in total. The molecule has 3 N–H and O–H groups in total. The van der Waals surface area contributed by atoms with E-state index in [4.69, 9.17) is 5.73 Å². The molecule has 0 aliphatic carbocycles. The fourth-order valence-electron chi connectivity index (χ4n) is 6.02. The zero-order chi connectivity index (χ0) is 31.6. The van der Waals surface area contributed by atoms with Crippen LogP contribution in [0.25, 0.3) is 0 Å². The number of benzene rings is 2. The molecular weight excluding hydrogens is 605 g/mol. The van der Waals surface area contributed by atoms with Gasteiger partial charge in [0.05, 0.1) is 11.8 Å². The summed E-state index contributed by atoms with van der Waals surface area (Å²) in [5, 5.41) is 3.38. The Morgan fingerprint density at radius 3 is 2.45 bits per heavy atom. The van der Waals surface area contributed by atoms with E-state index in [1.54, 1.807) is 6.07 Å². The maximum Gasteiger partial charge on any atom is 0.451 e. The van der Waals surface area contributed by atoms with Crippen molar-refractivity contribution in [3.63, 3.8) is 0 Å². The highest BCUT2D eigenvalue weighted by molar-refractivity contribution is 7.89. The van der Waals surface area contributed by atoms with Crippen LogP contribution >= 0.6 is 0 Å². The smallest absolute Gasteiger partial charge is 0.321 e. The summed E-state index contributed by atoms with van der Waals surface area (Å²) in [6.07, 6.45) is -1.37. The molecule has 0 radical (unpaired) electrons. The molecule has 14 heteroatoms. The number of hydrogen-bond donors (Lipinski definition) is 2.